The minimum Gasteiger partial charge on any atom is -0.497 e. The highest BCUT2D eigenvalue weighted by molar-refractivity contribution is 5.77. The lowest BCUT2D eigenvalue weighted by Gasteiger charge is -2.38. The van der Waals surface area contributed by atoms with Gasteiger partial charge in [0.1, 0.15) is 11.6 Å². The van der Waals surface area contributed by atoms with Crippen LogP contribution >= 0.6 is 0 Å². The molecule has 1 aromatic carbocycles. The molecule has 2 unspecified atom stereocenters. The Labute approximate surface area is 171 Å². The van der Waals surface area contributed by atoms with Gasteiger partial charge in [0.15, 0.2) is 0 Å². The molecule has 1 aliphatic heterocycles. The summed E-state index contributed by atoms with van der Waals surface area (Å²) in [5.41, 5.74) is 1.76. The lowest BCUT2D eigenvalue weighted by atomic mass is 9.81. The molecule has 0 saturated carbocycles. The second-order valence-corrected chi connectivity index (χ2v) is 7.97. The number of carboxylic acids is 1. The average Bonchev–Trinajstić information content (AvgIpc) is 3.10. The molecule has 1 aromatic heterocycles. The van der Waals surface area contributed by atoms with Gasteiger partial charge < -0.3 is 19.7 Å². The van der Waals surface area contributed by atoms with Gasteiger partial charge in [0.05, 0.1) is 18.1 Å². The third-order valence-electron chi connectivity index (χ3n) is 5.87. The number of fused-ring (bicyclic) bond motifs is 1. The van der Waals surface area contributed by atoms with Crippen LogP contribution in [-0.2, 0) is 16.0 Å². The number of benzene rings is 1. The highest BCUT2D eigenvalue weighted by atomic mass is 16.5. The molecule has 1 aliphatic rings. The van der Waals surface area contributed by atoms with Gasteiger partial charge in [0.25, 0.3) is 0 Å². The molecule has 0 aliphatic carbocycles. The molecule has 2 atom stereocenters. The molecular formula is C22H31N3O4. The maximum atomic E-state index is 12.6. The van der Waals surface area contributed by atoms with Gasteiger partial charge >= 0.3 is 5.97 Å². The number of carbonyl (C=O) groups excluding carboxylic acids is 1. The van der Waals surface area contributed by atoms with Gasteiger partial charge in [0.2, 0.25) is 5.91 Å². The van der Waals surface area contributed by atoms with Crippen LogP contribution in [0.4, 0.5) is 0 Å². The number of hydrogen-bond acceptors (Lipinski definition) is 4. The second kappa shape index (κ2) is 9.76. The summed E-state index contributed by atoms with van der Waals surface area (Å²) in [4.78, 5) is 33.9. The van der Waals surface area contributed by atoms with Crippen LogP contribution in [0.25, 0.3) is 11.0 Å². The number of unbranched alkanes of at least 4 members (excludes halogenated alkanes) is 2. The summed E-state index contributed by atoms with van der Waals surface area (Å²) in [6.07, 6.45) is 5.14. The van der Waals surface area contributed by atoms with Crippen LogP contribution in [0, 0.1) is 11.8 Å². The molecule has 158 valence electrons. The summed E-state index contributed by atoms with van der Waals surface area (Å²) in [6.45, 7) is 3.38. The molecule has 1 fully saturated rings. The Morgan fingerprint density at radius 1 is 1.31 bits per heavy atom. The fraction of sp³-hybridized carbons (Fsp3) is 0.591. The molecule has 29 heavy (non-hydrogen) atoms. The minimum absolute atomic E-state index is 0.0509. The van der Waals surface area contributed by atoms with Crippen molar-refractivity contribution in [3.8, 4) is 5.75 Å². The van der Waals surface area contributed by atoms with Gasteiger partial charge in [-0.3, -0.25) is 9.59 Å². The highest BCUT2D eigenvalue weighted by Gasteiger charge is 2.33. The average molecular weight is 402 g/mol. The minimum atomic E-state index is -0.780. The van der Waals surface area contributed by atoms with Crippen molar-refractivity contribution in [2.24, 2.45) is 11.8 Å². The van der Waals surface area contributed by atoms with E-state index in [4.69, 9.17) is 4.74 Å². The van der Waals surface area contributed by atoms with E-state index >= 15 is 0 Å². The van der Waals surface area contributed by atoms with Gasteiger partial charge in [0, 0.05) is 38.4 Å². The van der Waals surface area contributed by atoms with E-state index in [1.54, 1.807) is 7.11 Å². The zero-order chi connectivity index (χ0) is 20.8. The maximum absolute atomic E-state index is 12.6. The number of imidazole rings is 1. The number of nitrogens with one attached hydrogen (secondary N) is 1. The summed E-state index contributed by atoms with van der Waals surface area (Å²) in [5.74, 6) is 1.13. The maximum Gasteiger partial charge on any atom is 0.303 e. The molecular weight excluding hydrogens is 370 g/mol. The molecule has 7 heteroatoms. The number of hydrogen-bond donors (Lipinski definition) is 2. The monoisotopic (exact) mass is 401 g/mol. The van der Waals surface area contributed by atoms with Crippen molar-refractivity contribution in [3.63, 3.8) is 0 Å². The number of piperidine rings is 1. The van der Waals surface area contributed by atoms with Crippen molar-refractivity contribution < 1.29 is 19.4 Å². The number of methoxy groups -OCH3 is 1. The Balaban J connectivity index is 1.72. The third-order valence-corrected chi connectivity index (χ3v) is 5.87. The second-order valence-electron chi connectivity index (χ2n) is 7.97. The summed E-state index contributed by atoms with van der Waals surface area (Å²) >= 11 is 0. The fourth-order valence-corrected chi connectivity index (χ4v) is 4.23. The first-order chi connectivity index (χ1) is 14.0. The van der Waals surface area contributed by atoms with Crippen LogP contribution in [0.15, 0.2) is 18.2 Å². The number of nitrogens with zero attached hydrogens (tertiary/aromatic N) is 2. The molecule has 0 radical (unpaired) electrons. The predicted octanol–water partition coefficient (Wildman–Crippen LogP) is 3.63. The Hall–Kier alpha value is -2.57. The Morgan fingerprint density at radius 3 is 2.86 bits per heavy atom. The first-order valence-electron chi connectivity index (χ1n) is 10.5. The van der Waals surface area contributed by atoms with Crippen LogP contribution in [0.1, 0.15) is 51.3 Å². The fourth-order valence-electron chi connectivity index (χ4n) is 4.23. The van der Waals surface area contributed by atoms with Crippen molar-refractivity contribution in [1.29, 1.82) is 0 Å². The van der Waals surface area contributed by atoms with E-state index in [1.165, 1.54) is 0 Å². The lowest BCUT2D eigenvalue weighted by Crippen LogP contribution is -2.45. The highest BCUT2D eigenvalue weighted by Crippen LogP contribution is 2.30. The number of aromatic amines is 1. The number of carboxylic acid groups (broad SMARTS) is 1. The first-order valence-corrected chi connectivity index (χ1v) is 10.5. The number of H-pyrrole nitrogens is 1. The van der Waals surface area contributed by atoms with E-state index in [1.807, 2.05) is 23.1 Å². The zero-order valence-electron chi connectivity index (χ0n) is 17.3. The molecule has 2 heterocycles. The van der Waals surface area contributed by atoms with E-state index in [0.717, 1.165) is 48.3 Å². The van der Waals surface area contributed by atoms with E-state index in [9.17, 15) is 14.7 Å². The molecule has 1 amide bonds. The van der Waals surface area contributed by atoms with Crippen LogP contribution < -0.4 is 4.74 Å². The zero-order valence-corrected chi connectivity index (χ0v) is 17.3. The molecule has 3 rings (SSSR count). The lowest BCUT2D eigenvalue weighted by molar-refractivity contribution is -0.140. The topological polar surface area (TPSA) is 95.5 Å². The standard InChI is InChI=1S/C22H31N3O4/c1-3-4-5-6-21(26)25-10-9-15(12-22(27)28)16(14-25)11-20-23-18-8-7-17(29-2)13-19(18)24-20/h7-8,13,15-16H,3-6,9-12,14H2,1-2H3,(H,23,24)(H,27,28). The summed E-state index contributed by atoms with van der Waals surface area (Å²) in [5, 5.41) is 9.32. The van der Waals surface area contributed by atoms with Gasteiger partial charge in [-0.1, -0.05) is 19.8 Å². The van der Waals surface area contributed by atoms with Gasteiger partial charge in [-0.25, -0.2) is 4.98 Å². The number of likely N-dealkylation sites (tertiary alicyclic amines) is 1. The Morgan fingerprint density at radius 2 is 2.14 bits per heavy atom. The van der Waals surface area contributed by atoms with Crippen molar-refractivity contribution >= 4 is 22.9 Å². The Kier molecular flexibility index (Phi) is 7.12. The number of rotatable bonds is 9. The molecule has 0 spiro atoms. The number of ether oxygens (including phenoxy) is 1. The van der Waals surface area contributed by atoms with Crippen LogP contribution in [-0.4, -0.2) is 52.1 Å². The van der Waals surface area contributed by atoms with Crippen LogP contribution in [0.5, 0.6) is 5.75 Å². The van der Waals surface area contributed by atoms with Crippen LogP contribution in [0.2, 0.25) is 0 Å². The van der Waals surface area contributed by atoms with E-state index in [0.29, 0.717) is 25.9 Å². The SMILES string of the molecule is CCCCCC(=O)N1CCC(CC(=O)O)C(Cc2nc3ccc(OC)cc3[nH]2)C1. The Bertz CT molecular complexity index is 848. The van der Waals surface area contributed by atoms with Crippen molar-refractivity contribution in [1.82, 2.24) is 14.9 Å². The third kappa shape index (κ3) is 5.49. The van der Waals surface area contributed by atoms with Crippen molar-refractivity contribution in [2.45, 2.75) is 51.9 Å². The number of aliphatic carboxylic acids is 1. The summed E-state index contributed by atoms with van der Waals surface area (Å²) in [7, 11) is 1.63. The van der Waals surface area contributed by atoms with Gasteiger partial charge in [-0.15, -0.1) is 0 Å². The predicted molar refractivity (Wildman–Crippen MR) is 111 cm³/mol. The molecule has 0 bridgehead atoms. The smallest absolute Gasteiger partial charge is 0.303 e. The van der Waals surface area contributed by atoms with Gasteiger partial charge in [-0.2, -0.15) is 0 Å². The van der Waals surface area contributed by atoms with E-state index < -0.39 is 5.97 Å². The normalized spacial score (nSPS) is 19.4. The first kappa shape index (κ1) is 21.1. The van der Waals surface area contributed by atoms with E-state index in [-0.39, 0.29) is 24.2 Å². The summed E-state index contributed by atoms with van der Waals surface area (Å²) < 4.78 is 5.27. The largest absolute Gasteiger partial charge is 0.497 e. The van der Waals surface area contributed by atoms with Crippen LogP contribution in [0.3, 0.4) is 0 Å². The molecule has 2 aromatic rings. The number of carbonyl (C=O) groups is 2. The van der Waals surface area contributed by atoms with Crippen molar-refractivity contribution in [3.05, 3.63) is 24.0 Å². The molecule has 2 N–H and O–H groups in total. The molecule has 1 saturated heterocycles. The van der Waals surface area contributed by atoms with E-state index in [2.05, 4.69) is 16.9 Å². The van der Waals surface area contributed by atoms with Crippen molar-refractivity contribution in [2.75, 3.05) is 20.2 Å². The molecule has 7 nitrogen and oxygen atoms in total. The quantitative estimate of drug-likeness (QED) is 0.626. The summed E-state index contributed by atoms with van der Waals surface area (Å²) in [6, 6.07) is 5.69. The number of amides is 1. The van der Waals surface area contributed by atoms with Gasteiger partial charge in [-0.05, 0) is 36.8 Å². The number of aromatic nitrogens is 2.